The van der Waals surface area contributed by atoms with E-state index >= 15 is 0 Å². The number of hydrogen-bond donors (Lipinski definition) is 2. The highest BCUT2D eigenvalue weighted by Crippen LogP contribution is 2.19. The van der Waals surface area contributed by atoms with Crippen LogP contribution in [0.25, 0.3) is 0 Å². The number of sulfonamides is 1. The van der Waals surface area contributed by atoms with Crippen LogP contribution in [0.15, 0.2) is 59.5 Å². The molecule has 3 rings (SSSR count). The molecule has 0 spiro atoms. The molecule has 2 N–H and O–H groups in total. The zero-order valence-corrected chi connectivity index (χ0v) is 16.4. The second-order valence-electron chi connectivity index (χ2n) is 6.75. The molecule has 146 valence electrons. The minimum atomic E-state index is -3.73. The van der Waals surface area contributed by atoms with Gasteiger partial charge in [0.2, 0.25) is 10.0 Å². The first-order valence-electron chi connectivity index (χ1n) is 9.13. The lowest BCUT2D eigenvalue weighted by atomic mass is 10.2. The predicted octanol–water partition coefficient (Wildman–Crippen LogP) is 0.475. The van der Waals surface area contributed by atoms with Crippen molar-refractivity contribution in [1.82, 2.24) is 4.31 Å². The summed E-state index contributed by atoms with van der Waals surface area (Å²) < 4.78 is 27.2. The smallest absolute Gasteiger partial charge is 0.282 e. The van der Waals surface area contributed by atoms with Crippen molar-refractivity contribution in [3.8, 4) is 6.07 Å². The van der Waals surface area contributed by atoms with E-state index in [4.69, 9.17) is 0 Å². The van der Waals surface area contributed by atoms with Gasteiger partial charge in [0, 0.05) is 5.69 Å². The van der Waals surface area contributed by atoms with Gasteiger partial charge in [0.05, 0.1) is 36.6 Å². The van der Waals surface area contributed by atoms with E-state index in [1.54, 1.807) is 12.1 Å². The Kier molecular flexibility index (Phi) is 6.09. The number of quaternary nitrogens is 1. The van der Waals surface area contributed by atoms with Gasteiger partial charge in [-0.15, -0.1) is 0 Å². The molecule has 1 heterocycles. The molecule has 0 aromatic heterocycles. The number of piperazine rings is 1. The highest BCUT2D eigenvalue weighted by molar-refractivity contribution is 7.89. The molecule has 8 heteroatoms. The quantitative estimate of drug-likeness (QED) is 0.764. The highest BCUT2D eigenvalue weighted by Gasteiger charge is 2.35. The van der Waals surface area contributed by atoms with Gasteiger partial charge >= 0.3 is 0 Å². The van der Waals surface area contributed by atoms with E-state index in [1.807, 2.05) is 43.3 Å². The molecule has 1 saturated heterocycles. The van der Waals surface area contributed by atoms with Crippen molar-refractivity contribution in [2.75, 3.05) is 31.5 Å². The van der Waals surface area contributed by atoms with Crippen molar-refractivity contribution < 1.29 is 18.1 Å². The SMILES string of the molecule is C[C@@H](C(=O)Nc1ccccc1)[NH+]1CCN(S(=O)(=O)c2ccccc2C#N)CC1. The Labute approximate surface area is 165 Å². The van der Waals surface area contributed by atoms with Crippen LogP contribution in [0, 0.1) is 11.3 Å². The average molecular weight is 399 g/mol. The number of carbonyl (C=O) groups excluding carboxylic acids is 1. The van der Waals surface area contributed by atoms with Crippen LogP contribution in [0.2, 0.25) is 0 Å². The minimum Gasteiger partial charge on any atom is -0.323 e. The Morgan fingerprint density at radius 2 is 1.71 bits per heavy atom. The summed E-state index contributed by atoms with van der Waals surface area (Å²) in [6.45, 7) is 3.51. The molecule has 2 aromatic rings. The number of nitriles is 1. The fourth-order valence-electron chi connectivity index (χ4n) is 3.33. The summed E-state index contributed by atoms with van der Waals surface area (Å²) in [5, 5.41) is 12.1. The molecule has 0 aliphatic carbocycles. The van der Waals surface area contributed by atoms with E-state index in [0.29, 0.717) is 26.2 Å². The van der Waals surface area contributed by atoms with E-state index < -0.39 is 10.0 Å². The average Bonchev–Trinajstić information content (AvgIpc) is 2.74. The summed E-state index contributed by atoms with van der Waals surface area (Å²) in [5.41, 5.74) is 0.890. The van der Waals surface area contributed by atoms with Crippen molar-refractivity contribution in [1.29, 1.82) is 5.26 Å². The van der Waals surface area contributed by atoms with Gasteiger partial charge in [-0.25, -0.2) is 8.42 Å². The van der Waals surface area contributed by atoms with Crippen LogP contribution in [-0.2, 0) is 14.8 Å². The van der Waals surface area contributed by atoms with Gasteiger partial charge in [-0.3, -0.25) is 4.79 Å². The van der Waals surface area contributed by atoms with Crippen molar-refractivity contribution in [2.45, 2.75) is 17.9 Å². The molecule has 28 heavy (non-hydrogen) atoms. The van der Waals surface area contributed by atoms with Gasteiger partial charge < -0.3 is 10.2 Å². The monoisotopic (exact) mass is 399 g/mol. The maximum absolute atomic E-state index is 12.9. The van der Waals surface area contributed by atoms with Crippen LogP contribution in [0.1, 0.15) is 12.5 Å². The molecule has 1 atom stereocenters. The molecule has 1 fully saturated rings. The van der Waals surface area contributed by atoms with Crippen molar-refractivity contribution in [2.24, 2.45) is 0 Å². The molecule has 0 radical (unpaired) electrons. The summed E-state index contributed by atoms with van der Waals surface area (Å²) in [4.78, 5) is 13.6. The molecule has 0 unspecified atom stereocenters. The number of amides is 1. The molecule has 0 saturated carbocycles. The number of hydrogen-bond acceptors (Lipinski definition) is 4. The van der Waals surface area contributed by atoms with Crippen LogP contribution in [0.4, 0.5) is 5.69 Å². The maximum atomic E-state index is 12.9. The van der Waals surface area contributed by atoms with E-state index in [0.717, 1.165) is 10.6 Å². The fourth-order valence-corrected chi connectivity index (χ4v) is 4.91. The summed E-state index contributed by atoms with van der Waals surface area (Å²) in [6, 6.07) is 17.1. The first kappa shape index (κ1) is 20.0. The van der Waals surface area contributed by atoms with Gasteiger partial charge in [-0.1, -0.05) is 30.3 Å². The standard InChI is InChI=1S/C20H22N4O3S/c1-16(20(25)22-18-8-3-2-4-9-18)23-11-13-24(14-12-23)28(26,27)19-10-6-5-7-17(19)15-21/h2-10,16H,11-14H2,1H3,(H,22,25)/p+1/t16-/m0/s1. The zero-order chi connectivity index (χ0) is 20.1. The van der Waals surface area contributed by atoms with Crippen LogP contribution >= 0.6 is 0 Å². The molecular formula is C20H23N4O3S+. The molecule has 1 aliphatic heterocycles. The lowest BCUT2D eigenvalue weighted by molar-refractivity contribution is -0.917. The third kappa shape index (κ3) is 4.22. The van der Waals surface area contributed by atoms with Crippen LogP contribution in [-0.4, -0.2) is 50.9 Å². The first-order chi connectivity index (χ1) is 13.4. The number of anilines is 1. The van der Waals surface area contributed by atoms with Gasteiger partial charge in [-0.05, 0) is 31.2 Å². The highest BCUT2D eigenvalue weighted by atomic mass is 32.2. The van der Waals surface area contributed by atoms with Crippen LogP contribution < -0.4 is 10.2 Å². The van der Waals surface area contributed by atoms with Gasteiger partial charge in [0.25, 0.3) is 5.91 Å². The Bertz CT molecular complexity index is 978. The topological polar surface area (TPSA) is 94.7 Å². The summed E-state index contributed by atoms with van der Waals surface area (Å²) in [7, 11) is -3.73. The zero-order valence-electron chi connectivity index (χ0n) is 15.6. The second kappa shape index (κ2) is 8.52. The lowest BCUT2D eigenvalue weighted by Crippen LogP contribution is -3.19. The molecule has 2 aromatic carbocycles. The van der Waals surface area contributed by atoms with Gasteiger partial charge in [-0.2, -0.15) is 9.57 Å². The number of rotatable bonds is 5. The Morgan fingerprint density at radius 1 is 1.11 bits per heavy atom. The summed E-state index contributed by atoms with van der Waals surface area (Å²) >= 11 is 0. The van der Waals surface area contributed by atoms with E-state index in [9.17, 15) is 18.5 Å². The normalized spacial score (nSPS) is 16.9. The second-order valence-corrected chi connectivity index (χ2v) is 8.65. The van der Waals surface area contributed by atoms with E-state index in [2.05, 4.69) is 5.32 Å². The summed E-state index contributed by atoms with van der Waals surface area (Å²) in [6.07, 6.45) is 0. The molecule has 1 amide bonds. The largest absolute Gasteiger partial charge is 0.323 e. The predicted molar refractivity (Wildman–Crippen MR) is 105 cm³/mol. The Morgan fingerprint density at radius 3 is 2.36 bits per heavy atom. The number of nitrogens with one attached hydrogen (secondary N) is 2. The van der Waals surface area contributed by atoms with Crippen LogP contribution in [0.5, 0.6) is 0 Å². The Hall–Kier alpha value is -2.73. The summed E-state index contributed by atoms with van der Waals surface area (Å²) in [5.74, 6) is -0.0904. The Balaban J connectivity index is 1.64. The number of para-hydroxylation sites is 1. The number of carbonyl (C=O) groups is 1. The van der Waals surface area contributed by atoms with Crippen LogP contribution in [0.3, 0.4) is 0 Å². The molecular weight excluding hydrogens is 376 g/mol. The number of nitrogens with zero attached hydrogens (tertiary/aromatic N) is 2. The molecule has 0 bridgehead atoms. The third-order valence-electron chi connectivity index (χ3n) is 5.04. The fraction of sp³-hybridized carbons (Fsp3) is 0.300. The van der Waals surface area contributed by atoms with Crippen molar-refractivity contribution in [3.05, 3.63) is 60.2 Å². The van der Waals surface area contributed by atoms with E-state index in [-0.39, 0.29) is 22.4 Å². The first-order valence-corrected chi connectivity index (χ1v) is 10.6. The molecule has 1 aliphatic rings. The van der Waals surface area contributed by atoms with Gasteiger partial charge in [0.15, 0.2) is 6.04 Å². The third-order valence-corrected chi connectivity index (χ3v) is 6.99. The van der Waals surface area contributed by atoms with Crippen molar-refractivity contribution in [3.63, 3.8) is 0 Å². The number of benzene rings is 2. The lowest BCUT2D eigenvalue weighted by Gasteiger charge is -2.34. The van der Waals surface area contributed by atoms with Gasteiger partial charge in [0.1, 0.15) is 6.07 Å². The maximum Gasteiger partial charge on any atom is 0.282 e. The van der Waals surface area contributed by atoms with Crippen molar-refractivity contribution >= 4 is 21.6 Å². The minimum absolute atomic E-state index is 0.0378. The van der Waals surface area contributed by atoms with E-state index in [1.165, 1.54) is 16.4 Å². The molecule has 7 nitrogen and oxygen atoms in total.